The second kappa shape index (κ2) is 10.0. The van der Waals surface area contributed by atoms with Gasteiger partial charge in [0.05, 0.1) is 12.1 Å². The number of imide groups is 1. The Morgan fingerprint density at radius 2 is 1.88 bits per heavy atom. The Morgan fingerprint density at radius 3 is 2.60 bits per heavy atom. The maximum Gasteiger partial charge on any atom is 0.324 e. The molecule has 6 nitrogen and oxygen atoms in total. The van der Waals surface area contributed by atoms with E-state index in [9.17, 15) is 14.4 Å². The molecule has 2 rings (SSSR count). The lowest BCUT2D eigenvalue weighted by Crippen LogP contribution is -2.44. The number of carbonyl (C=O) groups is 3. The number of unbranched alkanes of at least 4 members (excludes halogenated alkanes) is 5. The van der Waals surface area contributed by atoms with Gasteiger partial charge < -0.3 is 10.4 Å². The van der Waals surface area contributed by atoms with Gasteiger partial charge in [-0.3, -0.25) is 14.5 Å². The minimum atomic E-state index is -0.769. The molecule has 2 aliphatic rings. The number of nitrogens with one attached hydrogen (secondary N) is 1. The number of carboxylic acid groups (broad SMARTS) is 1. The second-order valence-electron chi connectivity index (χ2n) is 6.99. The monoisotopic (exact) mass is 370 g/mol. The highest BCUT2D eigenvalue weighted by atomic mass is 32.2. The van der Waals surface area contributed by atoms with Gasteiger partial charge in [-0.05, 0) is 19.3 Å². The van der Waals surface area contributed by atoms with Crippen LogP contribution in [0.15, 0.2) is 0 Å². The van der Waals surface area contributed by atoms with Crippen molar-refractivity contribution < 1.29 is 19.5 Å². The molecule has 3 amide bonds. The molecule has 3 atom stereocenters. The molecule has 0 aromatic heterocycles. The quantitative estimate of drug-likeness (QED) is 0.430. The molecule has 2 aliphatic heterocycles. The van der Waals surface area contributed by atoms with Crippen LogP contribution in [0, 0.1) is 0 Å². The van der Waals surface area contributed by atoms with Crippen LogP contribution in [-0.4, -0.2) is 51.0 Å². The third-order valence-corrected chi connectivity index (χ3v) is 6.50. The van der Waals surface area contributed by atoms with Crippen molar-refractivity contribution in [2.75, 3.05) is 5.75 Å². The number of fused-ring (bicyclic) bond motifs is 1. The number of carboxylic acids is 1. The molecule has 2 N–H and O–H groups in total. The zero-order chi connectivity index (χ0) is 18.2. The van der Waals surface area contributed by atoms with Gasteiger partial charge in [-0.25, -0.2) is 4.79 Å². The average Bonchev–Trinajstić information content (AvgIpc) is 3.09. The van der Waals surface area contributed by atoms with Crippen molar-refractivity contribution >= 4 is 29.7 Å². The fourth-order valence-corrected chi connectivity index (χ4v) is 5.25. The zero-order valence-corrected chi connectivity index (χ0v) is 15.9. The van der Waals surface area contributed by atoms with Crippen LogP contribution in [-0.2, 0) is 9.59 Å². The summed E-state index contributed by atoms with van der Waals surface area (Å²) in [6.45, 7) is 2.16. The Balaban J connectivity index is 1.83. The molecule has 7 heteroatoms. The summed E-state index contributed by atoms with van der Waals surface area (Å²) in [7, 11) is 0. The number of amides is 3. The Kier molecular flexibility index (Phi) is 8.06. The van der Waals surface area contributed by atoms with Crippen LogP contribution < -0.4 is 5.32 Å². The number of aliphatic carboxylic acids is 1. The summed E-state index contributed by atoms with van der Waals surface area (Å²) in [5.74, 6) is 0.00868. The number of thioether (sulfide) groups is 1. The molecule has 2 heterocycles. The highest BCUT2D eigenvalue weighted by Crippen LogP contribution is 2.38. The molecular formula is C18H30N2O4S. The maximum atomic E-state index is 12.6. The van der Waals surface area contributed by atoms with Crippen molar-refractivity contribution in [1.82, 2.24) is 10.2 Å². The highest BCUT2D eigenvalue weighted by molar-refractivity contribution is 8.00. The van der Waals surface area contributed by atoms with E-state index in [0.29, 0.717) is 12.8 Å². The molecular weight excluding hydrogens is 340 g/mol. The summed E-state index contributed by atoms with van der Waals surface area (Å²) in [6, 6.07) is -0.263. The minimum Gasteiger partial charge on any atom is -0.481 e. The fraction of sp³-hybridized carbons (Fsp3) is 0.833. The van der Waals surface area contributed by atoms with Crippen LogP contribution in [0.2, 0.25) is 0 Å². The van der Waals surface area contributed by atoms with Crippen LogP contribution in [0.1, 0.15) is 71.1 Å². The number of nitrogens with zero attached hydrogens (tertiary/aromatic N) is 1. The van der Waals surface area contributed by atoms with Gasteiger partial charge in [0.15, 0.2) is 0 Å². The zero-order valence-electron chi connectivity index (χ0n) is 15.0. The molecule has 0 saturated carbocycles. The van der Waals surface area contributed by atoms with Gasteiger partial charge in [0.25, 0.3) is 0 Å². The summed E-state index contributed by atoms with van der Waals surface area (Å²) in [6.07, 6.45) is 8.34. The number of carbonyl (C=O) groups excluding carboxylic acids is 2. The first kappa shape index (κ1) is 20.1. The van der Waals surface area contributed by atoms with E-state index in [1.165, 1.54) is 17.7 Å². The van der Waals surface area contributed by atoms with Gasteiger partial charge in [0.1, 0.15) is 0 Å². The SMILES string of the molecule is CCCCCCCC(=O)N1C(=O)N[C@@H]2CS[C@H](CCCCC(=O)O)[C@@H]21. The Hall–Kier alpha value is -1.24. The molecule has 0 spiro atoms. The van der Waals surface area contributed by atoms with Crippen LogP contribution in [0.4, 0.5) is 4.79 Å². The van der Waals surface area contributed by atoms with Gasteiger partial charge >= 0.3 is 12.0 Å². The maximum absolute atomic E-state index is 12.6. The topological polar surface area (TPSA) is 86.7 Å². The van der Waals surface area contributed by atoms with Gasteiger partial charge in [0.2, 0.25) is 5.91 Å². The van der Waals surface area contributed by atoms with Crippen LogP contribution in [0.25, 0.3) is 0 Å². The summed E-state index contributed by atoms with van der Waals surface area (Å²) < 4.78 is 0. The number of rotatable bonds is 11. The molecule has 2 fully saturated rings. The lowest BCUT2D eigenvalue weighted by molar-refractivity contribution is -0.137. The van der Waals surface area contributed by atoms with E-state index in [4.69, 9.17) is 5.11 Å². The van der Waals surface area contributed by atoms with Crippen LogP contribution in [0.3, 0.4) is 0 Å². The predicted octanol–water partition coefficient (Wildman–Crippen LogP) is 3.40. The third-order valence-electron chi connectivity index (χ3n) is 5.00. The summed E-state index contributed by atoms with van der Waals surface area (Å²) in [4.78, 5) is 36.9. The van der Waals surface area contributed by atoms with Crippen molar-refractivity contribution in [1.29, 1.82) is 0 Å². The molecule has 0 unspecified atom stereocenters. The number of hydrogen-bond acceptors (Lipinski definition) is 4. The smallest absolute Gasteiger partial charge is 0.324 e. The Labute approximate surface area is 154 Å². The molecule has 25 heavy (non-hydrogen) atoms. The lowest BCUT2D eigenvalue weighted by Gasteiger charge is -2.25. The van der Waals surface area contributed by atoms with Crippen molar-refractivity contribution in [2.24, 2.45) is 0 Å². The fourth-order valence-electron chi connectivity index (χ4n) is 3.68. The lowest BCUT2D eigenvalue weighted by atomic mass is 10.0. The van der Waals surface area contributed by atoms with E-state index in [2.05, 4.69) is 12.2 Å². The Bertz CT molecular complexity index is 486. The average molecular weight is 371 g/mol. The second-order valence-corrected chi connectivity index (χ2v) is 8.26. The standard InChI is InChI=1S/C18H30N2O4S/c1-2-3-4-5-6-10-15(21)20-17-13(19-18(20)24)12-25-14(17)9-7-8-11-16(22)23/h13-14,17H,2-12H2,1H3,(H,19,24)(H,22,23)/t13-,14-,17-/m1/s1. The van der Waals surface area contributed by atoms with Crippen molar-refractivity contribution in [3.05, 3.63) is 0 Å². The Morgan fingerprint density at radius 1 is 1.16 bits per heavy atom. The van der Waals surface area contributed by atoms with Gasteiger partial charge in [-0.2, -0.15) is 11.8 Å². The molecule has 0 aromatic rings. The minimum absolute atomic E-state index is 0.0472. The molecule has 2 saturated heterocycles. The van der Waals surface area contributed by atoms with Gasteiger partial charge in [0, 0.05) is 23.8 Å². The number of urea groups is 1. The summed E-state index contributed by atoms with van der Waals surface area (Å²) in [5, 5.41) is 11.9. The normalized spacial score (nSPS) is 25.1. The van der Waals surface area contributed by atoms with E-state index in [1.807, 2.05) is 0 Å². The first-order chi connectivity index (χ1) is 12.0. The molecule has 142 valence electrons. The molecule has 0 radical (unpaired) electrons. The van der Waals surface area contributed by atoms with Crippen molar-refractivity contribution in [3.63, 3.8) is 0 Å². The summed E-state index contributed by atoms with van der Waals surface area (Å²) >= 11 is 1.80. The van der Waals surface area contributed by atoms with Crippen molar-refractivity contribution in [2.45, 2.75) is 88.5 Å². The molecule has 0 aliphatic carbocycles. The first-order valence-electron chi connectivity index (χ1n) is 9.50. The van der Waals surface area contributed by atoms with E-state index < -0.39 is 5.97 Å². The largest absolute Gasteiger partial charge is 0.481 e. The van der Waals surface area contributed by atoms with Crippen molar-refractivity contribution in [3.8, 4) is 0 Å². The third kappa shape index (κ3) is 5.62. The van der Waals surface area contributed by atoms with Crippen LogP contribution >= 0.6 is 11.8 Å². The summed E-state index contributed by atoms with van der Waals surface area (Å²) in [5.41, 5.74) is 0. The van der Waals surface area contributed by atoms with Crippen LogP contribution in [0.5, 0.6) is 0 Å². The molecule has 0 aromatic carbocycles. The van der Waals surface area contributed by atoms with E-state index >= 15 is 0 Å². The van der Waals surface area contributed by atoms with Gasteiger partial charge in [-0.1, -0.05) is 39.0 Å². The molecule has 0 bridgehead atoms. The first-order valence-corrected chi connectivity index (χ1v) is 10.6. The van der Waals surface area contributed by atoms with E-state index in [-0.39, 0.29) is 35.7 Å². The van der Waals surface area contributed by atoms with E-state index in [1.54, 1.807) is 11.8 Å². The predicted molar refractivity (Wildman–Crippen MR) is 98.7 cm³/mol. The number of hydrogen-bond donors (Lipinski definition) is 2. The highest BCUT2D eigenvalue weighted by Gasteiger charge is 2.50. The van der Waals surface area contributed by atoms with Gasteiger partial charge in [-0.15, -0.1) is 0 Å². The van der Waals surface area contributed by atoms with E-state index in [0.717, 1.165) is 37.9 Å².